The van der Waals surface area contributed by atoms with Crippen LogP contribution < -0.4 is 5.32 Å². The van der Waals surface area contributed by atoms with Crippen molar-refractivity contribution in [1.82, 2.24) is 25.1 Å². The second kappa shape index (κ2) is 10.5. The molecule has 1 unspecified atom stereocenters. The Hall–Kier alpha value is -3.03. The lowest BCUT2D eigenvalue weighted by molar-refractivity contribution is -0.122. The van der Waals surface area contributed by atoms with Crippen LogP contribution in [-0.2, 0) is 11.3 Å². The number of nitrogens with one attached hydrogen (secondary N) is 2. The van der Waals surface area contributed by atoms with E-state index in [0.717, 1.165) is 56.1 Å². The number of piperazine rings is 1. The normalized spacial score (nSPS) is 16.1. The third-order valence-electron chi connectivity index (χ3n) is 6.00. The van der Waals surface area contributed by atoms with Crippen LogP contribution in [0.3, 0.4) is 0 Å². The van der Waals surface area contributed by atoms with E-state index < -0.39 is 0 Å². The summed E-state index contributed by atoms with van der Waals surface area (Å²) in [5, 5.41) is 3.04. The quantitative estimate of drug-likeness (QED) is 0.570. The molecule has 7 heteroatoms. The van der Waals surface area contributed by atoms with Gasteiger partial charge in [-0.25, -0.2) is 9.37 Å². The van der Waals surface area contributed by atoms with E-state index in [2.05, 4.69) is 25.1 Å². The van der Waals surface area contributed by atoms with Gasteiger partial charge in [0, 0.05) is 45.8 Å². The Morgan fingerprint density at radius 3 is 2.47 bits per heavy atom. The fourth-order valence-electron chi connectivity index (χ4n) is 3.95. The van der Waals surface area contributed by atoms with Gasteiger partial charge >= 0.3 is 0 Å². The number of rotatable bonds is 8. The van der Waals surface area contributed by atoms with E-state index in [1.165, 1.54) is 12.1 Å². The van der Waals surface area contributed by atoms with E-state index >= 15 is 0 Å². The molecule has 1 amide bonds. The van der Waals surface area contributed by atoms with Gasteiger partial charge in [0.2, 0.25) is 5.91 Å². The number of halogens is 1. The smallest absolute Gasteiger partial charge is 0.230 e. The van der Waals surface area contributed by atoms with Crippen LogP contribution in [0.4, 0.5) is 4.39 Å². The first kappa shape index (κ1) is 22.2. The number of H-pyrrole nitrogens is 1. The highest BCUT2D eigenvalue weighted by molar-refractivity contribution is 5.82. The Labute approximate surface area is 188 Å². The first-order chi connectivity index (χ1) is 15.6. The SMILES string of the molecule is CC(C(=O)NCCN1CCN(Cc2ccc(F)cc2)CC1)c1ncc(-c2ccccc2)[nH]1. The van der Waals surface area contributed by atoms with E-state index in [1.807, 2.05) is 49.4 Å². The van der Waals surface area contributed by atoms with Crippen LogP contribution in [0.2, 0.25) is 0 Å². The van der Waals surface area contributed by atoms with E-state index in [4.69, 9.17) is 0 Å². The van der Waals surface area contributed by atoms with Gasteiger partial charge < -0.3 is 10.3 Å². The van der Waals surface area contributed by atoms with Crippen molar-refractivity contribution in [3.8, 4) is 11.3 Å². The van der Waals surface area contributed by atoms with Crippen LogP contribution in [0.15, 0.2) is 60.8 Å². The number of hydrogen-bond acceptors (Lipinski definition) is 4. The molecule has 0 aliphatic carbocycles. The highest BCUT2D eigenvalue weighted by Gasteiger charge is 2.20. The van der Waals surface area contributed by atoms with Crippen molar-refractivity contribution in [2.45, 2.75) is 19.4 Å². The molecule has 1 aliphatic heterocycles. The molecule has 6 nitrogen and oxygen atoms in total. The van der Waals surface area contributed by atoms with Gasteiger partial charge in [0.25, 0.3) is 0 Å². The molecule has 4 rings (SSSR count). The molecule has 0 radical (unpaired) electrons. The largest absolute Gasteiger partial charge is 0.354 e. The summed E-state index contributed by atoms with van der Waals surface area (Å²) in [6, 6.07) is 16.7. The van der Waals surface area contributed by atoms with Crippen molar-refractivity contribution in [2.24, 2.45) is 0 Å². The number of hydrogen-bond donors (Lipinski definition) is 2. The zero-order valence-electron chi connectivity index (χ0n) is 18.4. The summed E-state index contributed by atoms with van der Waals surface area (Å²) in [6.45, 7) is 8.03. The zero-order chi connectivity index (χ0) is 22.3. The molecule has 1 saturated heterocycles. The molecule has 1 atom stereocenters. The van der Waals surface area contributed by atoms with Crippen molar-refractivity contribution < 1.29 is 9.18 Å². The Kier molecular flexibility index (Phi) is 7.29. The minimum Gasteiger partial charge on any atom is -0.354 e. The summed E-state index contributed by atoms with van der Waals surface area (Å²) in [4.78, 5) is 25.0. The Bertz CT molecular complexity index is 997. The Morgan fingerprint density at radius 1 is 1.06 bits per heavy atom. The van der Waals surface area contributed by atoms with Crippen LogP contribution >= 0.6 is 0 Å². The molecule has 2 N–H and O–H groups in total. The maximum absolute atomic E-state index is 13.1. The van der Waals surface area contributed by atoms with Gasteiger partial charge in [0.05, 0.1) is 17.8 Å². The van der Waals surface area contributed by atoms with Crippen LogP contribution in [0, 0.1) is 5.82 Å². The molecule has 0 spiro atoms. The summed E-state index contributed by atoms with van der Waals surface area (Å²) in [5.41, 5.74) is 3.10. The van der Waals surface area contributed by atoms with Gasteiger partial charge in [0.1, 0.15) is 11.6 Å². The van der Waals surface area contributed by atoms with Gasteiger partial charge in [-0.2, -0.15) is 0 Å². The molecule has 0 bridgehead atoms. The molecule has 1 aliphatic rings. The molecule has 2 heterocycles. The molecule has 3 aromatic rings. The number of aromatic amines is 1. The Morgan fingerprint density at radius 2 is 1.75 bits per heavy atom. The van der Waals surface area contributed by atoms with Crippen LogP contribution in [-0.4, -0.2) is 64.9 Å². The number of aromatic nitrogens is 2. The molecular formula is C25H30FN5O. The standard InChI is InChI=1S/C25H30FN5O/c1-19(24-28-17-23(29-24)21-5-3-2-4-6-21)25(32)27-11-12-30-13-15-31(16-14-30)18-20-7-9-22(26)10-8-20/h2-10,17,19H,11-16,18H2,1H3,(H,27,32)(H,28,29). The average molecular weight is 436 g/mol. The fourth-order valence-corrected chi connectivity index (χ4v) is 3.95. The van der Waals surface area contributed by atoms with Crippen molar-refractivity contribution in [1.29, 1.82) is 0 Å². The van der Waals surface area contributed by atoms with Gasteiger partial charge in [-0.1, -0.05) is 42.5 Å². The van der Waals surface area contributed by atoms with Gasteiger partial charge in [-0.05, 0) is 30.2 Å². The summed E-state index contributed by atoms with van der Waals surface area (Å²) >= 11 is 0. The van der Waals surface area contributed by atoms with Crippen molar-refractivity contribution >= 4 is 5.91 Å². The summed E-state index contributed by atoms with van der Waals surface area (Å²) in [6.07, 6.45) is 1.78. The lowest BCUT2D eigenvalue weighted by atomic mass is 10.1. The fraction of sp³-hybridized carbons (Fsp3) is 0.360. The maximum atomic E-state index is 13.1. The third-order valence-corrected chi connectivity index (χ3v) is 6.00. The van der Waals surface area contributed by atoms with Crippen LogP contribution in [0.5, 0.6) is 0 Å². The molecular weight excluding hydrogens is 405 g/mol. The second-order valence-corrected chi connectivity index (χ2v) is 8.31. The first-order valence-electron chi connectivity index (χ1n) is 11.2. The lowest BCUT2D eigenvalue weighted by Crippen LogP contribution is -2.48. The molecule has 1 fully saturated rings. The maximum Gasteiger partial charge on any atom is 0.230 e. The first-order valence-corrected chi connectivity index (χ1v) is 11.2. The number of imidazole rings is 1. The topological polar surface area (TPSA) is 64.3 Å². The number of carbonyl (C=O) groups excluding carboxylic acids is 1. The highest BCUT2D eigenvalue weighted by Crippen LogP contribution is 2.19. The van der Waals surface area contributed by atoms with E-state index in [1.54, 1.807) is 6.20 Å². The van der Waals surface area contributed by atoms with Crippen molar-refractivity contribution in [3.63, 3.8) is 0 Å². The van der Waals surface area contributed by atoms with Gasteiger partial charge in [-0.3, -0.25) is 14.6 Å². The van der Waals surface area contributed by atoms with Crippen LogP contribution in [0.1, 0.15) is 24.2 Å². The Balaban J connectivity index is 1.17. The predicted molar refractivity (Wildman–Crippen MR) is 124 cm³/mol. The minimum absolute atomic E-state index is 0.0195. The number of amides is 1. The average Bonchev–Trinajstić information content (AvgIpc) is 3.32. The van der Waals surface area contributed by atoms with E-state index in [9.17, 15) is 9.18 Å². The highest BCUT2D eigenvalue weighted by atomic mass is 19.1. The van der Waals surface area contributed by atoms with Crippen molar-refractivity contribution in [2.75, 3.05) is 39.3 Å². The van der Waals surface area contributed by atoms with E-state index in [0.29, 0.717) is 12.4 Å². The minimum atomic E-state index is -0.333. The summed E-state index contributed by atoms with van der Waals surface area (Å²) in [7, 11) is 0. The molecule has 1 aromatic heterocycles. The van der Waals surface area contributed by atoms with Crippen molar-refractivity contribution in [3.05, 3.63) is 78.0 Å². The predicted octanol–water partition coefficient (Wildman–Crippen LogP) is 3.25. The van der Waals surface area contributed by atoms with Crippen LogP contribution in [0.25, 0.3) is 11.3 Å². The monoisotopic (exact) mass is 435 g/mol. The zero-order valence-corrected chi connectivity index (χ0v) is 18.4. The summed E-state index contributed by atoms with van der Waals surface area (Å²) < 4.78 is 13.1. The third kappa shape index (κ3) is 5.81. The number of carbonyl (C=O) groups is 1. The molecule has 2 aromatic carbocycles. The number of nitrogens with zero attached hydrogens (tertiary/aromatic N) is 3. The number of benzene rings is 2. The molecule has 168 valence electrons. The second-order valence-electron chi connectivity index (χ2n) is 8.31. The van der Waals surface area contributed by atoms with Gasteiger partial charge in [0.15, 0.2) is 0 Å². The summed E-state index contributed by atoms with van der Waals surface area (Å²) in [5.74, 6) is 0.128. The molecule has 0 saturated carbocycles. The van der Waals surface area contributed by atoms with Gasteiger partial charge in [-0.15, -0.1) is 0 Å². The lowest BCUT2D eigenvalue weighted by Gasteiger charge is -2.34. The van der Waals surface area contributed by atoms with E-state index in [-0.39, 0.29) is 17.6 Å². The molecule has 32 heavy (non-hydrogen) atoms.